The first-order valence-corrected chi connectivity index (χ1v) is 8.05. The molecule has 0 N–H and O–H groups in total. The van der Waals surface area contributed by atoms with E-state index in [2.05, 4.69) is 79.5 Å². The Balaban J connectivity index is 2.73. The van der Waals surface area contributed by atoms with Crippen molar-refractivity contribution in [3.63, 3.8) is 0 Å². The normalized spacial score (nSPS) is 11.0. The smallest absolute Gasteiger partial charge is 0.0473 e. The molecule has 118 valence electrons. The van der Waals surface area contributed by atoms with E-state index in [4.69, 9.17) is 0 Å². The molecule has 2 aromatic rings. The van der Waals surface area contributed by atoms with Crippen LogP contribution in [-0.4, -0.2) is 7.05 Å². The molecule has 1 heteroatoms. The van der Waals surface area contributed by atoms with Gasteiger partial charge in [0.25, 0.3) is 0 Å². The summed E-state index contributed by atoms with van der Waals surface area (Å²) in [6, 6.07) is 4.56. The lowest BCUT2D eigenvalue weighted by Crippen LogP contribution is -2.16. The molecule has 22 heavy (non-hydrogen) atoms. The van der Waals surface area contributed by atoms with Gasteiger partial charge in [-0.3, -0.25) is 0 Å². The molecule has 1 nitrogen and oxygen atoms in total. The minimum Gasteiger partial charge on any atom is -0.344 e. The SMILES string of the molecule is Cc1cc(C)c(C)c(N(C)c2c(C)c(C)c(C)c(C)c2C)c1. The van der Waals surface area contributed by atoms with Crippen LogP contribution in [0.15, 0.2) is 12.1 Å². The van der Waals surface area contributed by atoms with E-state index in [-0.39, 0.29) is 0 Å². The molecule has 0 spiro atoms. The second kappa shape index (κ2) is 5.79. The molecule has 0 atom stereocenters. The Morgan fingerprint density at radius 2 is 1.05 bits per heavy atom. The molecule has 0 aromatic heterocycles. The summed E-state index contributed by atoms with van der Waals surface area (Å²) in [7, 11) is 2.20. The van der Waals surface area contributed by atoms with Gasteiger partial charge in [-0.25, -0.2) is 0 Å². The average Bonchev–Trinajstić information content (AvgIpc) is 2.46. The van der Waals surface area contributed by atoms with Gasteiger partial charge in [-0.2, -0.15) is 0 Å². The summed E-state index contributed by atoms with van der Waals surface area (Å²) in [4.78, 5) is 2.37. The maximum absolute atomic E-state index is 2.37. The number of anilines is 2. The first kappa shape index (κ1) is 16.6. The van der Waals surface area contributed by atoms with Gasteiger partial charge >= 0.3 is 0 Å². The maximum atomic E-state index is 2.37. The molecule has 2 rings (SSSR count). The first-order valence-electron chi connectivity index (χ1n) is 8.05. The van der Waals surface area contributed by atoms with Crippen LogP contribution in [-0.2, 0) is 0 Å². The Morgan fingerprint density at radius 3 is 1.55 bits per heavy atom. The van der Waals surface area contributed by atoms with Crippen LogP contribution in [0, 0.1) is 55.4 Å². The van der Waals surface area contributed by atoms with Crippen molar-refractivity contribution in [1.29, 1.82) is 0 Å². The van der Waals surface area contributed by atoms with Crippen LogP contribution in [0.25, 0.3) is 0 Å². The molecule has 0 aliphatic carbocycles. The van der Waals surface area contributed by atoms with Crippen molar-refractivity contribution in [2.75, 3.05) is 11.9 Å². The third-order valence-corrected chi connectivity index (χ3v) is 5.44. The fraction of sp³-hybridized carbons (Fsp3) is 0.429. The molecule has 0 bridgehead atoms. The van der Waals surface area contributed by atoms with Crippen molar-refractivity contribution in [2.45, 2.75) is 55.4 Å². The standard InChI is InChI=1S/C21H29N/c1-12-10-13(2)14(3)20(11-12)22(9)21-18(7)16(5)15(4)17(6)19(21)8/h10-11H,1-9H3. The molecule has 2 aromatic carbocycles. The van der Waals surface area contributed by atoms with Crippen LogP contribution < -0.4 is 4.90 Å². The zero-order valence-corrected chi connectivity index (χ0v) is 15.6. The van der Waals surface area contributed by atoms with Gasteiger partial charge in [0.1, 0.15) is 0 Å². The molecule has 0 saturated carbocycles. The van der Waals surface area contributed by atoms with E-state index in [1.807, 2.05) is 0 Å². The molecule has 0 saturated heterocycles. The monoisotopic (exact) mass is 295 g/mol. The Labute approximate surface area is 136 Å². The summed E-state index contributed by atoms with van der Waals surface area (Å²) in [5.41, 5.74) is 13.7. The van der Waals surface area contributed by atoms with Gasteiger partial charge in [-0.05, 0) is 106 Å². The summed E-state index contributed by atoms with van der Waals surface area (Å²) in [6.45, 7) is 17.8. The Kier molecular flexibility index (Phi) is 4.37. The van der Waals surface area contributed by atoms with E-state index in [9.17, 15) is 0 Å². The van der Waals surface area contributed by atoms with E-state index in [0.717, 1.165) is 0 Å². The maximum Gasteiger partial charge on any atom is 0.0473 e. The van der Waals surface area contributed by atoms with Crippen LogP contribution in [0.5, 0.6) is 0 Å². The van der Waals surface area contributed by atoms with Crippen LogP contribution in [0.3, 0.4) is 0 Å². The lowest BCUT2D eigenvalue weighted by Gasteiger charge is -2.29. The molecule has 0 heterocycles. The van der Waals surface area contributed by atoms with Crippen LogP contribution in [0.4, 0.5) is 11.4 Å². The number of rotatable bonds is 2. The lowest BCUT2D eigenvalue weighted by atomic mass is 9.92. The molecular weight excluding hydrogens is 266 g/mol. The number of aryl methyl sites for hydroxylation is 2. The highest BCUT2D eigenvalue weighted by atomic mass is 15.1. The third kappa shape index (κ3) is 2.54. The number of benzene rings is 2. The van der Waals surface area contributed by atoms with E-state index < -0.39 is 0 Å². The molecule has 0 aliphatic rings. The van der Waals surface area contributed by atoms with Crippen molar-refractivity contribution in [3.8, 4) is 0 Å². The second-order valence-electron chi connectivity index (χ2n) is 6.76. The molecular formula is C21H29N. The highest BCUT2D eigenvalue weighted by Crippen LogP contribution is 2.37. The molecule has 0 aliphatic heterocycles. The predicted molar refractivity (Wildman–Crippen MR) is 98.8 cm³/mol. The third-order valence-electron chi connectivity index (χ3n) is 5.44. The van der Waals surface area contributed by atoms with Crippen molar-refractivity contribution < 1.29 is 0 Å². The quantitative estimate of drug-likeness (QED) is 0.664. The first-order chi connectivity index (χ1) is 10.2. The van der Waals surface area contributed by atoms with E-state index in [1.165, 1.54) is 55.9 Å². The van der Waals surface area contributed by atoms with Crippen molar-refractivity contribution in [2.24, 2.45) is 0 Å². The zero-order chi connectivity index (χ0) is 16.8. The Morgan fingerprint density at radius 1 is 0.591 bits per heavy atom. The molecule has 0 fully saturated rings. The van der Waals surface area contributed by atoms with E-state index in [1.54, 1.807) is 0 Å². The fourth-order valence-electron chi connectivity index (χ4n) is 3.47. The highest BCUT2D eigenvalue weighted by molar-refractivity contribution is 5.75. The van der Waals surface area contributed by atoms with E-state index in [0.29, 0.717) is 0 Å². The Bertz CT molecular complexity index is 709. The zero-order valence-electron chi connectivity index (χ0n) is 15.6. The fourth-order valence-corrected chi connectivity index (χ4v) is 3.47. The number of nitrogens with zero attached hydrogens (tertiary/aromatic N) is 1. The summed E-state index contributed by atoms with van der Waals surface area (Å²) in [5.74, 6) is 0. The predicted octanol–water partition coefficient (Wildman–Crippen LogP) is 5.92. The summed E-state index contributed by atoms with van der Waals surface area (Å²) < 4.78 is 0. The van der Waals surface area contributed by atoms with Gasteiger partial charge in [0, 0.05) is 18.4 Å². The van der Waals surface area contributed by atoms with Crippen LogP contribution in [0.2, 0.25) is 0 Å². The molecule has 0 amide bonds. The average molecular weight is 295 g/mol. The molecule has 0 unspecified atom stereocenters. The second-order valence-corrected chi connectivity index (χ2v) is 6.76. The largest absolute Gasteiger partial charge is 0.344 e. The van der Waals surface area contributed by atoms with Crippen LogP contribution >= 0.6 is 0 Å². The minimum atomic E-state index is 1.31. The van der Waals surface area contributed by atoms with E-state index >= 15 is 0 Å². The van der Waals surface area contributed by atoms with Gasteiger partial charge in [0.2, 0.25) is 0 Å². The van der Waals surface area contributed by atoms with Gasteiger partial charge in [0.05, 0.1) is 0 Å². The number of hydrogen-bond acceptors (Lipinski definition) is 1. The van der Waals surface area contributed by atoms with Crippen molar-refractivity contribution in [1.82, 2.24) is 0 Å². The minimum absolute atomic E-state index is 1.31. The Hall–Kier alpha value is -1.76. The van der Waals surface area contributed by atoms with Gasteiger partial charge in [0.15, 0.2) is 0 Å². The summed E-state index contributed by atoms with van der Waals surface area (Å²) >= 11 is 0. The molecule has 0 radical (unpaired) electrons. The number of hydrogen-bond donors (Lipinski definition) is 0. The van der Waals surface area contributed by atoms with Crippen molar-refractivity contribution >= 4 is 11.4 Å². The topological polar surface area (TPSA) is 3.24 Å². The van der Waals surface area contributed by atoms with Crippen molar-refractivity contribution in [3.05, 3.63) is 56.6 Å². The van der Waals surface area contributed by atoms with Gasteiger partial charge < -0.3 is 4.90 Å². The lowest BCUT2D eigenvalue weighted by molar-refractivity contribution is 1.09. The van der Waals surface area contributed by atoms with Gasteiger partial charge in [-0.1, -0.05) is 6.07 Å². The summed E-state index contributed by atoms with van der Waals surface area (Å²) in [5, 5.41) is 0. The summed E-state index contributed by atoms with van der Waals surface area (Å²) in [6.07, 6.45) is 0. The van der Waals surface area contributed by atoms with Crippen LogP contribution in [0.1, 0.15) is 44.5 Å². The van der Waals surface area contributed by atoms with Gasteiger partial charge in [-0.15, -0.1) is 0 Å². The highest BCUT2D eigenvalue weighted by Gasteiger charge is 2.18.